The standard InChI is InChI=1S/C12H16ClN3O2/c1-7-4-5-16(9(7)6-17)12(18)11-8(13)2-3-10(14)15-11/h2-3,7,9,17H,4-6H2,1H3,(H2,14,15). The number of nitrogen functional groups attached to an aromatic ring is 1. The number of nitrogens with two attached hydrogens (primary N) is 1. The number of aliphatic hydroxyl groups excluding tert-OH is 1. The molecule has 2 rings (SSSR count). The molecule has 1 aliphatic heterocycles. The van der Waals surface area contributed by atoms with E-state index in [2.05, 4.69) is 4.98 Å². The number of aromatic nitrogens is 1. The molecular weight excluding hydrogens is 254 g/mol. The highest BCUT2D eigenvalue weighted by Crippen LogP contribution is 2.27. The number of nitrogens with zero attached hydrogens (tertiary/aromatic N) is 2. The van der Waals surface area contributed by atoms with Gasteiger partial charge in [0.2, 0.25) is 0 Å². The van der Waals surface area contributed by atoms with Crippen molar-refractivity contribution in [2.75, 3.05) is 18.9 Å². The molecular formula is C12H16ClN3O2. The van der Waals surface area contributed by atoms with Crippen LogP contribution in [0.2, 0.25) is 5.02 Å². The van der Waals surface area contributed by atoms with Gasteiger partial charge in [-0.3, -0.25) is 4.79 Å². The van der Waals surface area contributed by atoms with Crippen LogP contribution in [0, 0.1) is 5.92 Å². The molecule has 98 valence electrons. The first-order valence-electron chi connectivity index (χ1n) is 5.88. The number of hydrogen-bond acceptors (Lipinski definition) is 4. The van der Waals surface area contributed by atoms with Gasteiger partial charge in [-0.25, -0.2) is 4.98 Å². The first-order valence-corrected chi connectivity index (χ1v) is 6.26. The van der Waals surface area contributed by atoms with E-state index in [1.807, 2.05) is 6.92 Å². The summed E-state index contributed by atoms with van der Waals surface area (Å²) in [5.41, 5.74) is 5.73. The van der Waals surface area contributed by atoms with Crippen LogP contribution in [-0.4, -0.2) is 40.1 Å². The molecule has 5 nitrogen and oxygen atoms in total. The van der Waals surface area contributed by atoms with E-state index in [0.717, 1.165) is 6.42 Å². The number of anilines is 1. The van der Waals surface area contributed by atoms with Crippen molar-refractivity contribution >= 4 is 23.3 Å². The van der Waals surface area contributed by atoms with E-state index in [1.165, 1.54) is 0 Å². The topological polar surface area (TPSA) is 79.5 Å². The van der Waals surface area contributed by atoms with Gasteiger partial charge in [-0.05, 0) is 24.5 Å². The quantitative estimate of drug-likeness (QED) is 0.844. The number of halogens is 1. The van der Waals surface area contributed by atoms with Crippen LogP contribution in [0.4, 0.5) is 5.82 Å². The third-order valence-corrected chi connectivity index (χ3v) is 3.71. The predicted octanol–water partition coefficient (Wildman–Crippen LogP) is 1.16. The van der Waals surface area contributed by atoms with Gasteiger partial charge in [0.05, 0.1) is 17.7 Å². The van der Waals surface area contributed by atoms with Gasteiger partial charge in [-0.2, -0.15) is 0 Å². The molecule has 18 heavy (non-hydrogen) atoms. The smallest absolute Gasteiger partial charge is 0.274 e. The van der Waals surface area contributed by atoms with Crippen molar-refractivity contribution in [3.8, 4) is 0 Å². The zero-order valence-corrected chi connectivity index (χ0v) is 10.9. The van der Waals surface area contributed by atoms with E-state index in [9.17, 15) is 9.90 Å². The minimum Gasteiger partial charge on any atom is -0.394 e. The molecule has 1 fully saturated rings. The summed E-state index contributed by atoms with van der Waals surface area (Å²) < 4.78 is 0. The molecule has 2 heterocycles. The highest BCUT2D eigenvalue weighted by atomic mass is 35.5. The lowest BCUT2D eigenvalue weighted by Gasteiger charge is -2.25. The molecule has 1 saturated heterocycles. The van der Waals surface area contributed by atoms with E-state index in [4.69, 9.17) is 17.3 Å². The Morgan fingerprint density at radius 3 is 3.06 bits per heavy atom. The SMILES string of the molecule is CC1CCN(C(=O)c2nc(N)ccc2Cl)C1CO. The number of aliphatic hydroxyl groups is 1. The fourth-order valence-corrected chi connectivity index (χ4v) is 2.47. The van der Waals surface area contributed by atoms with Crippen LogP contribution in [0.3, 0.4) is 0 Å². The number of amides is 1. The van der Waals surface area contributed by atoms with Crippen molar-refractivity contribution in [3.63, 3.8) is 0 Å². The Bertz CT molecular complexity index is 467. The number of hydrogen-bond donors (Lipinski definition) is 2. The Labute approximate surface area is 111 Å². The Kier molecular flexibility index (Phi) is 3.73. The molecule has 2 atom stereocenters. The molecule has 1 amide bonds. The number of rotatable bonds is 2. The van der Waals surface area contributed by atoms with Crippen molar-refractivity contribution in [1.29, 1.82) is 0 Å². The lowest BCUT2D eigenvalue weighted by molar-refractivity contribution is 0.0642. The second kappa shape index (κ2) is 5.12. The number of pyridine rings is 1. The van der Waals surface area contributed by atoms with Gasteiger partial charge in [0.25, 0.3) is 5.91 Å². The van der Waals surface area contributed by atoms with Gasteiger partial charge in [0.1, 0.15) is 11.5 Å². The second-order valence-electron chi connectivity index (χ2n) is 4.58. The normalized spacial score (nSPS) is 23.4. The summed E-state index contributed by atoms with van der Waals surface area (Å²) in [4.78, 5) is 18.0. The van der Waals surface area contributed by atoms with Gasteiger partial charge in [0, 0.05) is 6.54 Å². The van der Waals surface area contributed by atoms with Crippen molar-refractivity contribution in [1.82, 2.24) is 9.88 Å². The summed E-state index contributed by atoms with van der Waals surface area (Å²) in [5.74, 6) is 0.269. The summed E-state index contributed by atoms with van der Waals surface area (Å²) >= 11 is 5.97. The number of carbonyl (C=O) groups is 1. The van der Waals surface area contributed by atoms with Gasteiger partial charge >= 0.3 is 0 Å². The van der Waals surface area contributed by atoms with Crippen LogP contribution < -0.4 is 5.73 Å². The summed E-state index contributed by atoms with van der Waals surface area (Å²) in [7, 11) is 0. The zero-order chi connectivity index (χ0) is 13.3. The van der Waals surface area contributed by atoms with E-state index in [1.54, 1.807) is 17.0 Å². The van der Waals surface area contributed by atoms with Crippen molar-refractivity contribution in [2.45, 2.75) is 19.4 Å². The van der Waals surface area contributed by atoms with Crippen LogP contribution in [-0.2, 0) is 0 Å². The molecule has 1 aromatic heterocycles. The van der Waals surface area contributed by atoms with Crippen LogP contribution in [0.5, 0.6) is 0 Å². The fraction of sp³-hybridized carbons (Fsp3) is 0.500. The molecule has 3 N–H and O–H groups in total. The van der Waals surface area contributed by atoms with Gasteiger partial charge in [0.15, 0.2) is 0 Å². The second-order valence-corrected chi connectivity index (χ2v) is 4.99. The van der Waals surface area contributed by atoms with Crippen LogP contribution in [0.15, 0.2) is 12.1 Å². The highest BCUT2D eigenvalue weighted by molar-refractivity contribution is 6.33. The molecule has 6 heteroatoms. The summed E-state index contributed by atoms with van der Waals surface area (Å²) in [6, 6.07) is 2.94. The zero-order valence-electron chi connectivity index (χ0n) is 10.1. The lowest BCUT2D eigenvalue weighted by atomic mass is 10.0. The molecule has 0 bridgehead atoms. The number of carbonyl (C=O) groups excluding carboxylic acids is 1. The maximum absolute atomic E-state index is 12.3. The van der Waals surface area contributed by atoms with Gasteiger partial charge < -0.3 is 15.7 Å². The largest absolute Gasteiger partial charge is 0.394 e. The van der Waals surface area contributed by atoms with Crippen molar-refractivity contribution < 1.29 is 9.90 Å². The number of likely N-dealkylation sites (tertiary alicyclic amines) is 1. The average molecular weight is 270 g/mol. The van der Waals surface area contributed by atoms with Crippen LogP contribution >= 0.6 is 11.6 Å². The molecule has 2 unspecified atom stereocenters. The average Bonchev–Trinajstić information content (AvgIpc) is 2.72. The molecule has 1 aliphatic rings. The maximum atomic E-state index is 12.3. The van der Waals surface area contributed by atoms with Crippen molar-refractivity contribution in [2.24, 2.45) is 5.92 Å². The highest BCUT2D eigenvalue weighted by Gasteiger charge is 2.35. The molecule has 0 spiro atoms. The van der Waals surface area contributed by atoms with Crippen molar-refractivity contribution in [3.05, 3.63) is 22.8 Å². The van der Waals surface area contributed by atoms with Gasteiger partial charge in [-0.15, -0.1) is 0 Å². The lowest BCUT2D eigenvalue weighted by Crippen LogP contribution is -2.40. The third kappa shape index (κ3) is 2.28. The summed E-state index contributed by atoms with van der Waals surface area (Å²) in [6.45, 7) is 2.58. The monoisotopic (exact) mass is 269 g/mol. The first-order chi connectivity index (χ1) is 8.54. The van der Waals surface area contributed by atoms with Gasteiger partial charge in [-0.1, -0.05) is 18.5 Å². The van der Waals surface area contributed by atoms with Crippen LogP contribution in [0.25, 0.3) is 0 Å². The first kappa shape index (κ1) is 13.1. The Hall–Kier alpha value is -1.33. The molecule has 0 saturated carbocycles. The van der Waals surface area contributed by atoms with E-state index >= 15 is 0 Å². The predicted molar refractivity (Wildman–Crippen MR) is 69.4 cm³/mol. The van der Waals surface area contributed by atoms with Crippen LogP contribution in [0.1, 0.15) is 23.8 Å². The molecule has 0 aliphatic carbocycles. The summed E-state index contributed by atoms with van der Waals surface area (Å²) in [6.07, 6.45) is 0.872. The molecule has 0 radical (unpaired) electrons. The van der Waals surface area contributed by atoms with E-state index in [-0.39, 0.29) is 41.0 Å². The minimum atomic E-state index is -0.268. The molecule has 1 aromatic rings. The molecule has 0 aromatic carbocycles. The summed E-state index contributed by atoms with van der Waals surface area (Å²) in [5, 5.41) is 9.64. The Morgan fingerprint density at radius 2 is 2.39 bits per heavy atom. The Morgan fingerprint density at radius 1 is 1.67 bits per heavy atom. The Balaban J connectivity index is 2.28. The van der Waals surface area contributed by atoms with E-state index in [0.29, 0.717) is 6.54 Å². The van der Waals surface area contributed by atoms with E-state index < -0.39 is 0 Å². The third-order valence-electron chi connectivity index (χ3n) is 3.40. The minimum absolute atomic E-state index is 0.0488. The fourth-order valence-electron chi connectivity index (χ4n) is 2.28. The maximum Gasteiger partial charge on any atom is 0.274 e.